The minimum absolute atomic E-state index is 0.324. The second kappa shape index (κ2) is 10.2. The summed E-state index contributed by atoms with van der Waals surface area (Å²) in [4.78, 5) is 33.8. The molecule has 164 valence electrons. The summed E-state index contributed by atoms with van der Waals surface area (Å²) in [6.45, 7) is 7.92. The second-order valence-corrected chi connectivity index (χ2v) is 7.35. The third-order valence-corrected chi connectivity index (χ3v) is 5.69. The van der Waals surface area contributed by atoms with Crippen molar-refractivity contribution in [1.29, 1.82) is 0 Å². The molecule has 7 heteroatoms. The van der Waals surface area contributed by atoms with Crippen LogP contribution in [0.1, 0.15) is 35.7 Å². The van der Waals surface area contributed by atoms with E-state index in [1.807, 2.05) is 12.1 Å². The molecule has 31 heavy (non-hydrogen) atoms. The maximum absolute atomic E-state index is 13.4. The molecular weight excluding hydrogens is 394 g/mol. The van der Waals surface area contributed by atoms with E-state index in [9.17, 15) is 9.59 Å². The topological polar surface area (TPSA) is 72.6 Å². The number of carbonyl (C=O) groups excluding carboxylic acids is 2. The number of quaternary nitrogens is 1. The number of nitrogens with one attached hydrogen (secondary N) is 1. The maximum atomic E-state index is 13.4. The van der Waals surface area contributed by atoms with E-state index in [2.05, 4.69) is 18.8 Å². The third-order valence-electron chi connectivity index (χ3n) is 5.69. The Morgan fingerprint density at radius 3 is 2.42 bits per heavy atom. The van der Waals surface area contributed by atoms with Crippen LogP contribution in [0.2, 0.25) is 0 Å². The summed E-state index contributed by atoms with van der Waals surface area (Å²) < 4.78 is 10.6. The summed E-state index contributed by atoms with van der Waals surface area (Å²) >= 11 is 0. The smallest absolute Gasteiger partial charge is 0.265 e. The van der Waals surface area contributed by atoms with Crippen molar-refractivity contribution in [3.05, 3.63) is 53.6 Å². The Kier molecular flexibility index (Phi) is 7.41. The molecule has 3 rings (SSSR count). The van der Waals surface area contributed by atoms with Gasteiger partial charge in [0.2, 0.25) is 5.91 Å². The van der Waals surface area contributed by atoms with E-state index in [0.29, 0.717) is 34.9 Å². The molecule has 2 amide bonds. The van der Waals surface area contributed by atoms with Crippen LogP contribution in [-0.2, 0) is 4.79 Å². The number of methoxy groups -OCH3 is 2. The molecule has 1 unspecified atom stereocenters. The summed E-state index contributed by atoms with van der Waals surface area (Å²) in [5, 5.41) is 0. The number of amides is 2. The van der Waals surface area contributed by atoms with E-state index in [0.717, 1.165) is 19.6 Å². The van der Waals surface area contributed by atoms with Crippen LogP contribution in [0, 0.1) is 0 Å². The predicted molar refractivity (Wildman–Crippen MR) is 121 cm³/mol. The second-order valence-electron chi connectivity index (χ2n) is 7.35. The highest BCUT2D eigenvalue weighted by molar-refractivity contribution is 6.29. The van der Waals surface area contributed by atoms with Gasteiger partial charge in [-0.3, -0.25) is 14.6 Å². The van der Waals surface area contributed by atoms with Crippen molar-refractivity contribution in [2.75, 3.05) is 45.3 Å². The number of benzene rings is 2. The van der Waals surface area contributed by atoms with Gasteiger partial charge in [-0.25, -0.2) is 4.90 Å². The fraction of sp³-hybridized carbons (Fsp3) is 0.375. The highest BCUT2D eigenvalue weighted by Gasteiger charge is 2.39. The lowest BCUT2D eigenvalue weighted by Crippen LogP contribution is -3.11. The normalized spacial score (nSPS) is 16.2. The number of hydrogen-bond donors (Lipinski definition) is 1. The molecule has 0 aliphatic carbocycles. The van der Waals surface area contributed by atoms with Gasteiger partial charge in [0.1, 0.15) is 0 Å². The van der Waals surface area contributed by atoms with Gasteiger partial charge in [-0.1, -0.05) is 18.2 Å². The first-order chi connectivity index (χ1) is 15.0. The number of carbonyl (C=O) groups is 2. The fourth-order valence-electron chi connectivity index (χ4n) is 3.81. The molecule has 1 atom stereocenters. The molecule has 1 aliphatic rings. The average molecular weight is 425 g/mol. The number of nitrogens with zero attached hydrogens (tertiary/aromatic N) is 2. The van der Waals surface area contributed by atoms with Gasteiger partial charge in [-0.2, -0.15) is 0 Å². The van der Waals surface area contributed by atoms with Crippen LogP contribution in [0.4, 0.5) is 5.69 Å². The van der Waals surface area contributed by atoms with Gasteiger partial charge in [-0.15, -0.1) is 0 Å². The van der Waals surface area contributed by atoms with Crippen molar-refractivity contribution < 1.29 is 24.0 Å². The summed E-state index contributed by atoms with van der Waals surface area (Å²) in [5.74, 6) is -0.318. The first kappa shape index (κ1) is 22.5. The predicted octanol–water partition coefficient (Wildman–Crippen LogP) is 1.97. The molecule has 0 spiro atoms. The molecule has 2 aromatic rings. The standard InChI is InChI=1S/C24H29N3O4/c1-5-26(6-2)14-13-25-16-20-18-9-7-8-10-19(18)23(28)27(24(20)29)17-11-12-21(30-3)22(15-17)31-4/h7-12,15-16,20H,5-6,13-14H2,1-4H3/p+1. The van der Waals surface area contributed by atoms with Gasteiger partial charge in [0.15, 0.2) is 11.5 Å². The Balaban J connectivity index is 1.95. The quantitative estimate of drug-likeness (QED) is 0.494. The van der Waals surface area contributed by atoms with Crippen molar-refractivity contribution in [2.45, 2.75) is 19.8 Å². The lowest BCUT2D eigenvalue weighted by Gasteiger charge is -2.31. The summed E-state index contributed by atoms with van der Waals surface area (Å²) in [5.41, 5.74) is 1.63. The Morgan fingerprint density at radius 2 is 1.74 bits per heavy atom. The Morgan fingerprint density at radius 1 is 1.03 bits per heavy atom. The zero-order valence-electron chi connectivity index (χ0n) is 18.6. The highest BCUT2D eigenvalue weighted by Crippen LogP contribution is 2.36. The Hall–Kier alpha value is -3.19. The van der Waals surface area contributed by atoms with E-state index in [1.165, 1.54) is 24.0 Å². The number of rotatable bonds is 9. The summed E-state index contributed by atoms with van der Waals surface area (Å²) in [7, 11) is 3.06. The number of likely N-dealkylation sites (N-methyl/N-ethyl adjacent to an activating group) is 1. The van der Waals surface area contributed by atoms with Crippen molar-refractivity contribution in [3.63, 3.8) is 0 Å². The van der Waals surface area contributed by atoms with E-state index in [4.69, 9.17) is 9.47 Å². The number of imide groups is 1. The monoisotopic (exact) mass is 424 g/mol. The summed E-state index contributed by atoms with van der Waals surface area (Å²) in [6.07, 6.45) is 1.68. The first-order valence-corrected chi connectivity index (χ1v) is 10.6. The molecule has 1 aliphatic heterocycles. The van der Waals surface area contributed by atoms with E-state index >= 15 is 0 Å². The zero-order valence-corrected chi connectivity index (χ0v) is 18.6. The lowest BCUT2D eigenvalue weighted by molar-refractivity contribution is -0.894. The minimum Gasteiger partial charge on any atom is -0.493 e. The van der Waals surface area contributed by atoms with E-state index in [1.54, 1.807) is 36.5 Å². The molecule has 0 aromatic heterocycles. The molecule has 2 aromatic carbocycles. The van der Waals surface area contributed by atoms with Gasteiger partial charge in [0.05, 0.1) is 52.0 Å². The van der Waals surface area contributed by atoms with Gasteiger partial charge in [0.25, 0.3) is 5.91 Å². The van der Waals surface area contributed by atoms with Gasteiger partial charge >= 0.3 is 0 Å². The molecule has 0 fully saturated rings. The zero-order chi connectivity index (χ0) is 22.4. The van der Waals surface area contributed by atoms with Crippen LogP contribution in [0.3, 0.4) is 0 Å². The third kappa shape index (κ3) is 4.61. The van der Waals surface area contributed by atoms with E-state index < -0.39 is 5.92 Å². The summed E-state index contributed by atoms with van der Waals surface area (Å²) in [6, 6.07) is 12.2. The van der Waals surface area contributed by atoms with Crippen LogP contribution >= 0.6 is 0 Å². The van der Waals surface area contributed by atoms with Crippen molar-refractivity contribution in [2.24, 2.45) is 4.99 Å². The maximum Gasteiger partial charge on any atom is 0.265 e. The number of hydrogen-bond acceptors (Lipinski definition) is 5. The lowest BCUT2D eigenvalue weighted by atomic mass is 9.89. The first-order valence-electron chi connectivity index (χ1n) is 10.6. The Labute approximate surface area is 183 Å². The molecule has 0 bridgehead atoms. The van der Waals surface area contributed by atoms with Crippen LogP contribution in [0.15, 0.2) is 47.5 Å². The van der Waals surface area contributed by atoms with Crippen molar-refractivity contribution in [1.82, 2.24) is 0 Å². The molecule has 0 saturated carbocycles. The minimum atomic E-state index is -0.617. The van der Waals surface area contributed by atoms with Crippen molar-refractivity contribution in [3.8, 4) is 11.5 Å². The molecule has 1 heterocycles. The SMILES string of the molecule is CC[NH+](CC)CCN=CC1C(=O)N(c2ccc(OC)c(OC)c2)C(=O)c2ccccc21. The fourth-order valence-corrected chi connectivity index (χ4v) is 3.81. The average Bonchev–Trinajstić information content (AvgIpc) is 2.81. The van der Waals surface area contributed by atoms with E-state index in [-0.39, 0.29) is 11.8 Å². The molecule has 0 radical (unpaired) electrons. The van der Waals surface area contributed by atoms with Gasteiger partial charge in [-0.05, 0) is 37.6 Å². The number of anilines is 1. The largest absolute Gasteiger partial charge is 0.493 e. The van der Waals surface area contributed by atoms with Crippen molar-refractivity contribution >= 4 is 23.7 Å². The van der Waals surface area contributed by atoms with Crippen LogP contribution in [0.25, 0.3) is 0 Å². The molecular formula is C24H30N3O4+. The number of aliphatic imine (C=N–C) groups is 1. The number of fused-ring (bicyclic) bond motifs is 1. The van der Waals surface area contributed by atoms with Crippen LogP contribution < -0.4 is 19.3 Å². The highest BCUT2D eigenvalue weighted by atomic mass is 16.5. The molecule has 7 nitrogen and oxygen atoms in total. The van der Waals surface area contributed by atoms with Gasteiger partial charge < -0.3 is 14.4 Å². The number of ether oxygens (including phenoxy) is 2. The van der Waals surface area contributed by atoms with Gasteiger partial charge in [0, 0.05) is 17.8 Å². The van der Waals surface area contributed by atoms with Crippen LogP contribution in [0.5, 0.6) is 11.5 Å². The molecule has 1 N–H and O–H groups in total. The molecule has 0 saturated heterocycles. The van der Waals surface area contributed by atoms with Crippen LogP contribution in [-0.4, -0.2) is 58.4 Å². The Bertz CT molecular complexity index is 969.